The number of fused-ring (bicyclic) bond motifs is 10. The molecular weight excluding hydrogens is 547 g/mol. The number of nitrogens with zero attached hydrogens (tertiary/aromatic N) is 2. The van der Waals surface area contributed by atoms with Crippen molar-refractivity contribution in [1.82, 2.24) is 4.57 Å². The van der Waals surface area contributed by atoms with Gasteiger partial charge in [0.15, 0.2) is 6.04 Å². The van der Waals surface area contributed by atoms with Crippen LogP contribution >= 0.6 is 11.3 Å². The highest BCUT2D eigenvalue weighted by Crippen LogP contribution is 2.45. The molecule has 0 amide bonds. The third kappa shape index (κ3) is 3.32. The van der Waals surface area contributed by atoms with E-state index in [-0.39, 0.29) is 6.04 Å². The van der Waals surface area contributed by atoms with Gasteiger partial charge in [0.05, 0.1) is 21.6 Å². The Morgan fingerprint density at radius 2 is 1.33 bits per heavy atom. The monoisotopic (exact) mass is 570 g/mol. The van der Waals surface area contributed by atoms with Crippen LogP contribution in [-0.2, 0) is 0 Å². The largest absolute Gasteiger partial charge is 0.456 e. The molecule has 1 aliphatic rings. The van der Waals surface area contributed by atoms with E-state index < -0.39 is 0 Å². The predicted octanol–water partition coefficient (Wildman–Crippen LogP) is 9.26. The van der Waals surface area contributed by atoms with Crippen molar-refractivity contribution in [3.8, 4) is 0 Å². The molecule has 2 N–H and O–H groups in total. The Labute approximate surface area is 250 Å². The first-order valence-electron chi connectivity index (χ1n) is 14.6. The van der Waals surface area contributed by atoms with Gasteiger partial charge >= 0.3 is 5.96 Å². The van der Waals surface area contributed by atoms with Crippen molar-refractivity contribution in [3.05, 3.63) is 138 Å². The zero-order valence-electron chi connectivity index (χ0n) is 23.0. The minimum Gasteiger partial charge on any atom is -0.456 e. The van der Waals surface area contributed by atoms with Gasteiger partial charge in [-0.3, -0.25) is 5.32 Å². The number of aromatic nitrogens is 1. The second-order valence-corrected chi connectivity index (χ2v) is 12.4. The minimum absolute atomic E-state index is 0.0363. The van der Waals surface area contributed by atoms with Crippen molar-refractivity contribution in [2.75, 3.05) is 0 Å². The van der Waals surface area contributed by atoms with Gasteiger partial charge in [-0.15, -0.1) is 11.3 Å². The number of hydrogen-bond acceptors (Lipinski definition) is 3. The lowest BCUT2D eigenvalue weighted by Crippen LogP contribution is -2.91. The average molecular weight is 571 g/mol. The van der Waals surface area contributed by atoms with Gasteiger partial charge < -0.3 is 4.42 Å². The summed E-state index contributed by atoms with van der Waals surface area (Å²) in [5.41, 5.74) is 6.45. The molecule has 0 saturated carbocycles. The van der Waals surface area contributed by atoms with Gasteiger partial charge in [-0.2, -0.15) is 4.99 Å². The van der Waals surface area contributed by atoms with Crippen LogP contribution in [0.2, 0.25) is 0 Å². The Hall–Kier alpha value is -5.23. The summed E-state index contributed by atoms with van der Waals surface area (Å²) in [4.78, 5) is 6.71. The van der Waals surface area contributed by atoms with Gasteiger partial charge in [-0.05, 0) is 53.2 Å². The number of thiophene rings is 1. The quantitative estimate of drug-likeness (QED) is 0.210. The smallest absolute Gasteiger partial charge is 0.312 e. The van der Waals surface area contributed by atoms with E-state index in [2.05, 4.69) is 125 Å². The summed E-state index contributed by atoms with van der Waals surface area (Å²) in [5.74, 6) is 0.951. The van der Waals surface area contributed by atoms with Gasteiger partial charge in [0.25, 0.3) is 0 Å². The Kier molecular flexibility index (Phi) is 4.69. The maximum atomic E-state index is 6.34. The number of aliphatic imine (C=N–C) groups is 1. The third-order valence-electron chi connectivity index (χ3n) is 8.95. The van der Waals surface area contributed by atoms with Crippen LogP contribution in [0.25, 0.3) is 64.6 Å². The summed E-state index contributed by atoms with van der Waals surface area (Å²) in [6.45, 7) is 0. The van der Waals surface area contributed by atoms with Crippen molar-refractivity contribution < 1.29 is 9.73 Å². The first-order chi connectivity index (χ1) is 21.3. The molecule has 0 bridgehead atoms. The van der Waals surface area contributed by atoms with E-state index in [4.69, 9.17) is 9.41 Å². The molecule has 4 nitrogen and oxygen atoms in total. The molecule has 10 rings (SSSR count). The van der Waals surface area contributed by atoms with Crippen LogP contribution < -0.4 is 5.32 Å². The zero-order valence-corrected chi connectivity index (χ0v) is 23.8. The van der Waals surface area contributed by atoms with Crippen LogP contribution in [0.3, 0.4) is 0 Å². The SMILES string of the molecule is c1ccc2cc3c(cc2c1)c1ccccc1n3C1=Nc2c(sc3ccccc23)C(c2ccc3c(c2)oc2ccccc23)[NH2+]1. The van der Waals surface area contributed by atoms with Crippen molar-refractivity contribution >= 4 is 87.6 Å². The topological polar surface area (TPSA) is 47.0 Å². The number of hydrogen-bond donors (Lipinski definition) is 1. The first-order valence-corrected chi connectivity index (χ1v) is 15.4. The highest BCUT2D eigenvalue weighted by atomic mass is 32.1. The molecule has 0 fully saturated rings. The van der Waals surface area contributed by atoms with Gasteiger partial charge in [0, 0.05) is 37.2 Å². The minimum atomic E-state index is 0.0363. The lowest BCUT2D eigenvalue weighted by atomic mass is 10.0. The molecule has 1 unspecified atom stereocenters. The molecule has 1 atom stereocenters. The molecule has 0 aliphatic carbocycles. The molecule has 6 aromatic carbocycles. The van der Waals surface area contributed by atoms with Gasteiger partial charge in [0.2, 0.25) is 0 Å². The number of nitrogens with two attached hydrogens (primary N) is 1. The van der Waals surface area contributed by atoms with Crippen LogP contribution in [-0.4, -0.2) is 10.5 Å². The molecule has 1 aliphatic heterocycles. The number of furan rings is 1. The normalized spacial score (nSPS) is 15.3. The van der Waals surface area contributed by atoms with E-state index in [1.54, 1.807) is 0 Å². The van der Waals surface area contributed by atoms with Crippen molar-refractivity contribution in [1.29, 1.82) is 0 Å². The second-order valence-electron chi connectivity index (χ2n) is 11.3. The molecule has 0 saturated heterocycles. The Bertz CT molecular complexity index is 2620. The molecule has 0 spiro atoms. The van der Waals surface area contributed by atoms with E-state index in [1.165, 1.54) is 47.6 Å². The molecule has 4 heterocycles. The Morgan fingerprint density at radius 1 is 0.605 bits per heavy atom. The second kappa shape index (κ2) is 8.65. The molecular formula is C38H24N3OS+. The number of benzene rings is 6. The van der Waals surface area contributed by atoms with Crippen LogP contribution in [0, 0.1) is 0 Å². The number of quaternary nitrogens is 1. The van der Waals surface area contributed by atoms with Gasteiger partial charge in [0.1, 0.15) is 11.2 Å². The maximum Gasteiger partial charge on any atom is 0.312 e. The first kappa shape index (κ1) is 23.3. The third-order valence-corrected chi connectivity index (χ3v) is 10.2. The molecule has 3 aromatic heterocycles. The van der Waals surface area contributed by atoms with Crippen LogP contribution in [0.15, 0.2) is 137 Å². The summed E-state index contributed by atoms with van der Waals surface area (Å²) >= 11 is 1.84. The van der Waals surface area contributed by atoms with E-state index in [1.807, 2.05) is 23.5 Å². The standard InChI is InChI=1S/C38H23N3OS/c1-2-10-23-20-31-29(19-22(23)9-1)25-11-3-6-14-30(25)41(31)38-39-35(37-36(40-38)28-13-5-8-16-34(28)43-37)24-17-18-27-26-12-4-7-15-32(26)42-33(27)21-24/h1-21,35H,(H,39,40)/p+1. The molecule has 43 heavy (non-hydrogen) atoms. The summed E-state index contributed by atoms with van der Waals surface area (Å²) in [6, 6.07) is 45.6. The molecule has 202 valence electrons. The fourth-order valence-electron chi connectivity index (χ4n) is 6.96. The summed E-state index contributed by atoms with van der Waals surface area (Å²) in [6.07, 6.45) is 0. The van der Waals surface area contributed by atoms with Crippen LogP contribution in [0.4, 0.5) is 5.69 Å². The number of para-hydroxylation sites is 2. The zero-order chi connectivity index (χ0) is 28.1. The maximum absolute atomic E-state index is 6.34. The van der Waals surface area contributed by atoms with Gasteiger partial charge in [-0.25, -0.2) is 4.57 Å². The van der Waals surface area contributed by atoms with E-state index in [9.17, 15) is 0 Å². The Balaban J connectivity index is 1.25. The lowest BCUT2D eigenvalue weighted by Gasteiger charge is -2.22. The highest BCUT2D eigenvalue weighted by Gasteiger charge is 2.34. The number of rotatable bonds is 1. The fraction of sp³-hybridized carbons (Fsp3) is 0.0263. The fourth-order valence-corrected chi connectivity index (χ4v) is 8.21. The molecule has 5 heteroatoms. The van der Waals surface area contributed by atoms with E-state index in [0.717, 1.165) is 39.1 Å². The van der Waals surface area contributed by atoms with Gasteiger partial charge in [-0.1, -0.05) is 84.9 Å². The summed E-state index contributed by atoms with van der Waals surface area (Å²) in [5, 5.41) is 10.8. The Morgan fingerprint density at radius 3 is 2.23 bits per heavy atom. The van der Waals surface area contributed by atoms with Crippen molar-refractivity contribution in [2.24, 2.45) is 4.99 Å². The van der Waals surface area contributed by atoms with Crippen molar-refractivity contribution in [2.45, 2.75) is 6.04 Å². The van der Waals surface area contributed by atoms with Crippen LogP contribution in [0.1, 0.15) is 16.5 Å². The van der Waals surface area contributed by atoms with Crippen molar-refractivity contribution in [3.63, 3.8) is 0 Å². The summed E-state index contributed by atoms with van der Waals surface area (Å²) < 4.78 is 9.96. The highest BCUT2D eigenvalue weighted by molar-refractivity contribution is 7.19. The van der Waals surface area contributed by atoms with E-state index >= 15 is 0 Å². The van der Waals surface area contributed by atoms with E-state index in [0.29, 0.717) is 0 Å². The lowest BCUT2D eigenvalue weighted by molar-refractivity contribution is -0.581. The van der Waals surface area contributed by atoms with Crippen LogP contribution in [0.5, 0.6) is 0 Å². The average Bonchev–Trinajstić information content (AvgIpc) is 3.72. The predicted molar refractivity (Wildman–Crippen MR) is 179 cm³/mol. The molecule has 9 aromatic rings. The summed E-state index contributed by atoms with van der Waals surface area (Å²) in [7, 11) is 0. The molecule has 0 radical (unpaired) electrons.